The zero-order valence-electron chi connectivity index (χ0n) is 11.8. The van der Waals surface area contributed by atoms with Crippen LogP contribution in [0.2, 0.25) is 0 Å². The number of nitrogens with one attached hydrogen (secondary N) is 2. The molecule has 1 aromatic rings. The molecule has 1 saturated heterocycles. The Bertz CT molecular complexity index is 583. The molecule has 1 aromatic carbocycles. The van der Waals surface area contributed by atoms with E-state index in [2.05, 4.69) is 10.6 Å². The largest absolute Gasteiger partial charge is 0.478 e. The van der Waals surface area contributed by atoms with Crippen LogP contribution in [0.3, 0.4) is 0 Å². The Balaban J connectivity index is 2.13. The van der Waals surface area contributed by atoms with E-state index in [1.165, 1.54) is 12.1 Å². The first-order valence-corrected chi connectivity index (χ1v) is 6.91. The van der Waals surface area contributed by atoms with Crippen molar-refractivity contribution >= 4 is 23.5 Å². The standard InChI is InChI=1S/C15H18N2O4/c1-9-6-7-10(15(20)21)8-12(9)17-14(19)11-4-2-3-5-13(18)16-11/h6-8,11H,2-5H2,1H3,(H,16,18)(H,17,19)(H,20,21). The van der Waals surface area contributed by atoms with Crippen molar-refractivity contribution < 1.29 is 19.5 Å². The van der Waals surface area contributed by atoms with Gasteiger partial charge >= 0.3 is 5.97 Å². The quantitative estimate of drug-likeness (QED) is 0.789. The van der Waals surface area contributed by atoms with Gasteiger partial charge in [0.2, 0.25) is 11.8 Å². The van der Waals surface area contributed by atoms with Crippen LogP contribution >= 0.6 is 0 Å². The molecule has 0 aromatic heterocycles. The predicted molar refractivity (Wildman–Crippen MR) is 77.2 cm³/mol. The van der Waals surface area contributed by atoms with E-state index in [0.29, 0.717) is 18.5 Å². The van der Waals surface area contributed by atoms with Crippen LogP contribution in [0.15, 0.2) is 18.2 Å². The lowest BCUT2D eigenvalue weighted by Crippen LogP contribution is -2.42. The van der Waals surface area contributed by atoms with Gasteiger partial charge in [0.15, 0.2) is 0 Å². The highest BCUT2D eigenvalue weighted by atomic mass is 16.4. The monoisotopic (exact) mass is 290 g/mol. The Kier molecular flexibility index (Phi) is 4.57. The minimum absolute atomic E-state index is 0.112. The summed E-state index contributed by atoms with van der Waals surface area (Å²) in [6, 6.07) is 3.99. The van der Waals surface area contributed by atoms with E-state index in [4.69, 9.17) is 5.11 Å². The molecule has 0 radical (unpaired) electrons. The van der Waals surface area contributed by atoms with Crippen molar-refractivity contribution in [3.05, 3.63) is 29.3 Å². The number of aryl methyl sites for hydroxylation is 1. The molecule has 112 valence electrons. The first-order chi connectivity index (χ1) is 9.97. The Morgan fingerprint density at radius 2 is 2.10 bits per heavy atom. The molecule has 0 saturated carbocycles. The molecule has 0 spiro atoms. The summed E-state index contributed by atoms with van der Waals surface area (Å²) < 4.78 is 0. The fourth-order valence-electron chi connectivity index (χ4n) is 2.28. The molecule has 2 amide bonds. The Morgan fingerprint density at radius 1 is 1.33 bits per heavy atom. The molecule has 6 nitrogen and oxygen atoms in total. The number of carboxylic acids is 1. The first-order valence-electron chi connectivity index (χ1n) is 6.91. The number of rotatable bonds is 3. The second-order valence-electron chi connectivity index (χ2n) is 5.19. The second-order valence-corrected chi connectivity index (χ2v) is 5.19. The summed E-state index contributed by atoms with van der Waals surface area (Å²) in [6.07, 6.45) is 2.63. The number of carbonyl (C=O) groups is 3. The van der Waals surface area contributed by atoms with Crippen molar-refractivity contribution in [3.8, 4) is 0 Å². The fraction of sp³-hybridized carbons (Fsp3) is 0.400. The summed E-state index contributed by atoms with van der Waals surface area (Å²) in [5, 5.41) is 14.4. The van der Waals surface area contributed by atoms with Gasteiger partial charge in [0, 0.05) is 12.1 Å². The van der Waals surface area contributed by atoms with Crippen molar-refractivity contribution in [2.45, 2.75) is 38.6 Å². The SMILES string of the molecule is Cc1ccc(C(=O)O)cc1NC(=O)C1CCCCC(=O)N1. The van der Waals surface area contributed by atoms with Gasteiger partial charge in [-0.15, -0.1) is 0 Å². The number of amides is 2. The topological polar surface area (TPSA) is 95.5 Å². The third kappa shape index (κ3) is 3.81. The fourth-order valence-corrected chi connectivity index (χ4v) is 2.28. The van der Waals surface area contributed by atoms with Crippen LogP contribution < -0.4 is 10.6 Å². The number of aromatic carboxylic acids is 1. The maximum atomic E-state index is 12.2. The highest BCUT2D eigenvalue weighted by Gasteiger charge is 2.23. The summed E-state index contributed by atoms with van der Waals surface area (Å²) in [7, 11) is 0. The molecule has 0 aliphatic carbocycles. The van der Waals surface area contributed by atoms with E-state index in [-0.39, 0.29) is 17.4 Å². The van der Waals surface area contributed by atoms with E-state index in [1.807, 2.05) is 0 Å². The maximum Gasteiger partial charge on any atom is 0.335 e. The predicted octanol–water partition coefficient (Wildman–Crippen LogP) is 1.69. The Morgan fingerprint density at radius 3 is 2.81 bits per heavy atom. The van der Waals surface area contributed by atoms with Crippen molar-refractivity contribution in [3.63, 3.8) is 0 Å². The lowest BCUT2D eigenvalue weighted by Gasteiger charge is -2.17. The normalized spacial score (nSPS) is 18.5. The van der Waals surface area contributed by atoms with Gasteiger partial charge in [-0.25, -0.2) is 4.79 Å². The van der Waals surface area contributed by atoms with E-state index in [9.17, 15) is 14.4 Å². The number of hydrogen-bond donors (Lipinski definition) is 3. The van der Waals surface area contributed by atoms with Gasteiger partial charge in [-0.05, 0) is 37.5 Å². The molecule has 3 N–H and O–H groups in total. The van der Waals surface area contributed by atoms with Crippen LogP contribution in [0.5, 0.6) is 0 Å². The van der Waals surface area contributed by atoms with Crippen LogP contribution in [0.4, 0.5) is 5.69 Å². The van der Waals surface area contributed by atoms with Crippen molar-refractivity contribution in [1.29, 1.82) is 0 Å². The van der Waals surface area contributed by atoms with Crippen LogP contribution in [-0.4, -0.2) is 28.9 Å². The van der Waals surface area contributed by atoms with Gasteiger partial charge in [0.25, 0.3) is 0 Å². The Hall–Kier alpha value is -2.37. The molecular weight excluding hydrogens is 272 g/mol. The maximum absolute atomic E-state index is 12.2. The van der Waals surface area contributed by atoms with Gasteiger partial charge < -0.3 is 15.7 Å². The van der Waals surface area contributed by atoms with E-state index in [0.717, 1.165) is 18.4 Å². The number of benzene rings is 1. The molecule has 0 bridgehead atoms. The molecular formula is C15H18N2O4. The summed E-state index contributed by atoms with van der Waals surface area (Å²) in [4.78, 5) is 34.7. The van der Waals surface area contributed by atoms with Crippen LogP contribution in [0.1, 0.15) is 41.6 Å². The van der Waals surface area contributed by atoms with Crippen molar-refractivity contribution in [2.24, 2.45) is 0 Å². The van der Waals surface area contributed by atoms with Crippen LogP contribution in [-0.2, 0) is 9.59 Å². The molecule has 1 heterocycles. The molecule has 1 fully saturated rings. The van der Waals surface area contributed by atoms with Crippen molar-refractivity contribution in [2.75, 3.05) is 5.32 Å². The minimum Gasteiger partial charge on any atom is -0.478 e. The zero-order chi connectivity index (χ0) is 15.4. The molecule has 1 aliphatic heterocycles. The smallest absolute Gasteiger partial charge is 0.335 e. The van der Waals surface area contributed by atoms with Crippen molar-refractivity contribution in [1.82, 2.24) is 5.32 Å². The van der Waals surface area contributed by atoms with E-state index < -0.39 is 12.0 Å². The molecule has 1 unspecified atom stereocenters. The number of carbonyl (C=O) groups excluding carboxylic acids is 2. The number of anilines is 1. The lowest BCUT2D eigenvalue weighted by atomic mass is 10.1. The van der Waals surface area contributed by atoms with Crippen LogP contribution in [0, 0.1) is 6.92 Å². The first kappa shape index (κ1) is 15.0. The summed E-state index contributed by atoms with van der Waals surface area (Å²) >= 11 is 0. The summed E-state index contributed by atoms with van der Waals surface area (Å²) in [6.45, 7) is 1.78. The van der Waals surface area contributed by atoms with Gasteiger partial charge in [0.05, 0.1) is 5.56 Å². The summed E-state index contributed by atoms with van der Waals surface area (Å²) in [5.41, 5.74) is 1.34. The molecule has 6 heteroatoms. The minimum atomic E-state index is -1.05. The third-order valence-electron chi connectivity index (χ3n) is 3.54. The number of hydrogen-bond acceptors (Lipinski definition) is 3. The van der Waals surface area contributed by atoms with E-state index in [1.54, 1.807) is 13.0 Å². The zero-order valence-corrected chi connectivity index (χ0v) is 11.8. The average Bonchev–Trinajstić information content (AvgIpc) is 2.65. The Labute approximate surface area is 122 Å². The average molecular weight is 290 g/mol. The van der Waals surface area contributed by atoms with Gasteiger partial charge in [0.1, 0.15) is 6.04 Å². The third-order valence-corrected chi connectivity index (χ3v) is 3.54. The van der Waals surface area contributed by atoms with Gasteiger partial charge in [-0.1, -0.05) is 12.5 Å². The second kappa shape index (κ2) is 6.39. The van der Waals surface area contributed by atoms with Crippen LogP contribution in [0.25, 0.3) is 0 Å². The van der Waals surface area contributed by atoms with E-state index >= 15 is 0 Å². The van der Waals surface area contributed by atoms with Gasteiger partial charge in [-0.2, -0.15) is 0 Å². The number of carboxylic acid groups (broad SMARTS) is 1. The van der Waals surface area contributed by atoms with Gasteiger partial charge in [-0.3, -0.25) is 9.59 Å². The highest BCUT2D eigenvalue weighted by Crippen LogP contribution is 2.18. The highest BCUT2D eigenvalue weighted by molar-refractivity contribution is 5.99. The lowest BCUT2D eigenvalue weighted by molar-refractivity contribution is -0.125. The molecule has 21 heavy (non-hydrogen) atoms. The molecule has 1 atom stereocenters. The summed E-state index contributed by atoms with van der Waals surface area (Å²) in [5.74, 6) is -1.48. The molecule has 1 aliphatic rings. The molecule has 2 rings (SSSR count).